The van der Waals surface area contributed by atoms with Crippen molar-refractivity contribution in [1.82, 2.24) is 4.90 Å². The van der Waals surface area contributed by atoms with Gasteiger partial charge in [-0.15, -0.1) is 11.3 Å². The minimum atomic E-state index is -0.290. The van der Waals surface area contributed by atoms with E-state index in [2.05, 4.69) is 5.32 Å². The van der Waals surface area contributed by atoms with Crippen molar-refractivity contribution < 1.29 is 9.59 Å². The standard InChI is InChI=1S/C19H19ClN2O2S/c1-11(2)10-22-18(23)16(15-8-5-9-25-15)17(19(22)24)21-14-7-4-6-13(20)12(14)3/h4-9,11,21H,10H2,1-3H3. The number of nitrogens with one attached hydrogen (secondary N) is 1. The number of rotatable bonds is 5. The third-order valence-corrected chi connectivity index (χ3v) is 5.31. The van der Waals surface area contributed by atoms with Crippen LogP contribution >= 0.6 is 22.9 Å². The summed E-state index contributed by atoms with van der Waals surface area (Å²) in [5, 5.41) is 5.67. The van der Waals surface area contributed by atoms with Crippen molar-refractivity contribution in [3.8, 4) is 0 Å². The molecule has 1 aliphatic heterocycles. The Morgan fingerprint density at radius 2 is 1.92 bits per heavy atom. The van der Waals surface area contributed by atoms with E-state index in [-0.39, 0.29) is 17.7 Å². The summed E-state index contributed by atoms with van der Waals surface area (Å²) in [6.45, 7) is 6.24. The van der Waals surface area contributed by atoms with Gasteiger partial charge in [-0.2, -0.15) is 0 Å². The molecule has 0 saturated heterocycles. The number of halogens is 1. The Hall–Kier alpha value is -2.11. The summed E-state index contributed by atoms with van der Waals surface area (Å²) in [4.78, 5) is 27.9. The Balaban J connectivity index is 2.06. The highest BCUT2D eigenvalue weighted by Crippen LogP contribution is 2.34. The van der Waals surface area contributed by atoms with Gasteiger partial charge in [-0.05, 0) is 42.0 Å². The van der Waals surface area contributed by atoms with Gasteiger partial charge in [-0.3, -0.25) is 14.5 Å². The molecule has 2 amide bonds. The molecular weight excluding hydrogens is 356 g/mol. The Labute approximate surface area is 156 Å². The predicted molar refractivity (Wildman–Crippen MR) is 103 cm³/mol. The maximum Gasteiger partial charge on any atom is 0.278 e. The van der Waals surface area contributed by atoms with Gasteiger partial charge in [0.25, 0.3) is 11.8 Å². The molecule has 130 valence electrons. The quantitative estimate of drug-likeness (QED) is 0.780. The van der Waals surface area contributed by atoms with Crippen LogP contribution < -0.4 is 5.32 Å². The van der Waals surface area contributed by atoms with Gasteiger partial charge in [-0.1, -0.05) is 37.6 Å². The van der Waals surface area contributed by atoms with Gasteiger partial charge in [-0.25, -0.2) is 0 Å². The number of hydrogen-bond acceptors (Lipinski definition) is 4. The highest BCUT2D eigenvalue weighted by molar-refractivity contribution is 7.11. The van der Waals surface area contributed by atoms with E-state index in [1.807, 2.05) is 50.4 Å². The van der Waals surface area contributed by atoms with E-state index >= 15 is 0 Å². The molecule has 25 heavy (non-hydrogen) atoms. The lowest BCUT2D eigenvalue weighted by Gasteiger charge is -2.17. The Morgan fingerprint density at radius 1 is 1.16 bits per heavy atom. The van der Waals surface area contributed by atoms with E-state index in [0.29, 0.717) is 22.8 Å². The Morgan fingerprint density at radius 3 is 2.56 bits per heavy atom. The van der Waals surface area contributed by atoms with Crippen LogP contribution in [0.3, 0.4) is 0 Å². The first-order valence-electron chi connectivity index (χ1n) is 8.06. The molecule has 0 radical (unpaired) electrons. The zero-order valence-corrected chi connectivity index (χ0v) is 15.9. The van der Waals surface area contributed by atoms with Crippen molar-refractivity contribution in [2.45, 2.75) is 20.8 Å². The number of anilines is 1. The molecule has 1 aromatic carbocycles. The van der Waals surface area contributed by atoms with Crippen LogP contribution in [0.15, 0.2) is 41.4 Å². The van der Waals surface area contributed by atoms with Crippen LogP contribution in [0.4, 0.5) is 5.69 Å². The molecule has 4 nitrogen and oxygen atoms in total. The second kappa shape index (κ2) is 7.02. The monoisotopic (exact) mass is 374 g/mol. The number of imide groups is 1. The van der Waals surface area contributed by atoms with E-state index in [1.54, 1.807) is 6.07 Å². The highest BCUT2D eigenvalue weighted by atomic mass is 35.5. The van der Waals surface area contributed by atoms with Crippen LogP contribution in [0.25, 0.3) is 5.57 Å². The number of hydrogen-bond donors (Lipinski definition) is 1. The lowest BCUT2D eigenvalue weighted by molar-refractivity contribution is -0.137. The van der Waals surface area contributed by atoms with Gasteiger partial charge in [0.05, 0.1) is 5.57 Å². The fourth-order valence-corrected chi connectivity index (χ4v) is 3.69. The summed E-state index contributed by atoms with van der Waals surface area (Å²) in [5.41, 5.74) is 2.31. The van der Waals surface area contributed by atoms with Crippen LogP contribution in [-0.2, 0) is 9.59 Å². The molecule has 0 atom stereocenters. The molecule has 1 N–H and O–H groups in total. The molecule has 1 aliphatic rings. The summed E-state index contributed by atoms with van der Waals surface area (Å²) < 4.78 is 0. The molecule has 3 rings (SSSR count). The normalized spacial score (nSPS) is 14.8. The SMILES string of the molecule is Cc1c(Cl)cccc1NC1=C(c2cccs2)C(=O)N(CC(C)C)C1=O. The van der Waals surface area contributed by atoms with Crippen LogP contribution in [0.5, 0.6) is 0 Å². The van der Waals surface area contributed by atoms with E-state index in [1.165, 1.54) is 16.2 Å². The van der Waals surface area contributed by atoms with E-state index in [4.69, 9.17) is 11.6 Å². The van der Waals surface area contributed by atoms with Gasteiger partial charge >= 0.3 is 0 Å². The predicted octanol–water partition coefficient (Wildman–Crippen LogP) is 4.56. The fraction of sp³-hybridized carbons (Fsp3) is 0.263. The maximum atomic E-state index is 12.9. The van der Waals surface area contributed by atoms with Crippen molar-refractivity contribution in [2.75, 3.05) is 11.9 Å². The summed E-state index contributed by atoms with van der Waals surface area (Å²) >= 11 is 7.63. The number of nitrogens with zero attached hydrogens (tertiary/aromatic N) is 1. The van der Waals surface area contributed by atoms with Gasteiger partial charge in [0.15, 0.2) is 0 Å². The topological polar surface area (TPSA) is 49.4 Å². The lowest BCUT2D eigenvalue weighted by atomic mass is 10.1. The van der Waals surface area contributed by atoms with E-state index in [9.17, 15) is 9.59 Å². The smallest absolute Gasteiger partial charge is 0.278 e. The van der Waals surface area contributed by atoms with Crippen molar-refractivity contribution in [2.24, 2.45) is 5.92 Å². The average molecular weight is 375 g/mol. The second-order valence-corrected chi connectivity index (χ2v) is 7.73. The molecule has 0 unspecified atom stereocenters. The number of carbonyl (C=O) groups is 2. The van der Waals surface area contributed by atoms with Crippen molar-refractivity contribution in [3.63, 3.8) is 0 Å². The number of benzene rings is 1. The summed E-state index contributed by atoms with van der Waals surface area (Å²) in [6.07, 6.45) is 0. The second-order valence-electron chi connectivity index (χ2n) is 6.38. The van der Waals surface area contributed by atoms with Crippen molar-refractivity contribution in [3.05, 3.63) is 56.9 Å². The van der Waals surface area contributed by atoms with Crippen LogP contribution in [0.2, 0.25) is 5.02 Å². The fourth-order valence-electron chi connectivity index (χ4n) is 2.75. The molecule has 2 aromatic rings. The zero-order valence-electron chi connectivity index (χ0n) is 14.3. The molecule has 0 fully saturated rings. The highest BCUT2D eigenvalue weighted by Gasteiger charge is 2.39. The summed E-state index contributed by atoms with van der Waals surface area (Å²) in [5.74, 6) is -0.338. The lowest BCUT2D eigenvalue weighted by Crippen LogP contribution is -2.35. The molecule has 1 aromatic heterocycles. The summed E-state index contributed by atoms with van der Waals surface area (Å²) in [6, 6.07) is 9.19. The molecule has 0 spiro atoms. The zero-order chi connectivity index (χ0) is 18.1. The maximum absolute atomic E-state index is 12.9. The molecular formula is C19H19ClN2O2S. The third kappa shape index (κ3) is 3.34. The first-order valence-corrected chi connectivity index (χ1v) is 9.32. The van der Waals surface area contributed by atoms with Crippen LogP contribution in [0.1, 0.15) is 24.3 Å². The van der Waals surface area contributed by atoms with Crippen LogP contribution in [0, 0.1) is 12.8 Å². The van der Waals surface area contributed by atoms with Gasteiger partial charge < -0.3 is 5.32 Å². The first kappa shape index (κ1) is 17.7. The molecule has 2 heterocycles. The van der Waals surface area contributed by atoms with Gasteiger partial charge in [0.1, 0.15) is 5.70 Å². The van der Waals surface area contributed by atoms with Crippen LogP contribution in [-0.4, -0.2) is 23.3 Å². The molecule has 0 bridgehead atoms. The largest absolute Gasteiger partial charge is 0.350 e. The molecule has 0 saturated carbocycles. The molecule has 6 heteroatoms. The minimum Gasteiger partial charge on any atom is -0.350 e. The van der Waals surface area contributed by atoms with E-state index in [0.717, 1.165) is 16.1 Å². The average Bonchev–Trinajstić information content (AvgIpc) is 3.15. The number of thiophene rings is 1. The number of carbonyl (C=O) groups excluding carboxylic acids is 2. The van der Waals surface area contributed by atoms with Crippen molar-refractivity contribution in [1.29, 1.82) is 0 Å². The third-order valence-electron chi connectivity index (χ3n) is 4.01. The Kier molecular flexibility index (Phi) is 4.97. The Bertz CT molecular complexity index is 856. The van der Waals surface area contributed by atoms with Gasteiger partial charge in [0.2, 0.25) is 0 Å². The first-order chi connectivity index (χ1) is 11.9. The summed E-state index contributed by atoms with van der Waals surface area (Å²) in [7, 11) is 0. The van der Waals surface area contributed by atoms with Gasteiger partial charge in [0, 0.05) is 22.1 Å². The van der Waals surface area contributed by atoms with E-state index < -0.39 is 0 Å². The minimum absolute atomic E-state index is 0.199. The van der Waals surface area contributed by atoms with Crippen molar-refractivity contribution >= 4 is 46.0 Å². The molecule has 0 aliphatic carbocycles. The number of amides is 2.